The van der Waals surface area contributed by atoms with Crippen molar-refractivity contribution in [1.29, 1.82) is 0 Å². The van der Waals surface area contributed by atoms with E-state index >= 15 is 0 Å². The Kier molecular flexibility index (Phi) is 5.40. The number of hydrogen-bond acceptors (Lipinski definition) is 2. The number of aromatic nitrogens is 1. The number of carbonyl (C=O) groups excluding carboxylic acids is 1. The Morgan fingerprint density at radius 3 is 2.54 bits per heavy atom. The molecule has 0 radical (unpaired) electrons. The van der Waals surface area contributed by atoms with Gasteiger partial charge in [0.2, 0.25) is 5.91 Å². The van der Waals surface area contributed by atoms with E-state index in [1.54, 1.807) is 0 Å². The Morgan fingerprint density at radius 1 is 1.00 bits per heavy atom. The second-order valence-corrected chi connectivity index (χ2v) is 7.77. The number of carbonyl (C=O) groups is 1. The smallest absolute Gasteiger partial charge is 0.236 e. The number of nitrogens with one attached hydrogen (secondary N) is 1. The van der Waals surface area contributed by atoms with Crippen LogP contribution in [-0.4, -0.2) is 46.9 Å². The fourth-order valence-electron chi connectivity index (χ4n) is 4.53. The minimum absolute atomic E-state index is 0.307. The van der Waals surface area contributed by atoms with E-state index in [2.05, 4.69) is 51.2 Å². The molecule has 1 aromatic heterocycles. The van der Waals surface area contributed by atoms with E-state index in [-0.39, 0.29) is 0 Å². The van der Waals surface area contributed by atoms with Gasteiger partial charge >= 0.3 is 0 Å². The Morgan fingerprint density at radius 2 is 1.81 bits per heavy atom. The molecule has 2 aromatic rings. The van der Waals surface area contributed by atoms with Gasteiger partial charge in [-0.25, -0.2) is 0 Å². The highest BCUT2D eigenvalue weighted by Crippen LogP contribution is 2.31. The summed E-state index contributed by atoms with van der Waals surface area (Å²) in [6.45, 7) is 3.42. The molecule has 2 aliphatic rings. The van der Waals surface area contributed by atoms with Gasteiger partial charge in [-0.3, -0.25) is 9.69 Å². The van der Waals surface area contributed by atoms with Crippen molar-refractivity contribution in [2.24, 2.45) is 5.92 Å². The normalized spacial score (nSPS) is 22.0. The van der Waals surface area contributed by atoms with Gasteiger partial charge in [-0.15, -0.1) is 0 Å². The number of aromatic amines is 1. The highest BCUT2D eigenvalue weighted by atomic mass is 16.2. The van der Waals surface area contributed by atoms with E-state index in [1.165, 1.54) is 17.7 Å². The molecule has 2 aliphatic heterocycles. The van der Waals surface area contributed by atoms with E-state index < -0.39 is 0 Å². The molecule has 0 spiro atoms. The molecule has 1 aromatic carbocycles. The lowest BCUT2D eigenvalue weighted by Gasteiger charge is -2.34. The molecule has 3 heterocycles. The summed E-state index contributed by atoms with van der Waals surface area (Å²) in [7, 11) is 0. The molecule has 4 rings (SSSR count). The van der Waals surface area contributed by atoms with Crippen LogP contribution in [0.25, 0.3) is 0 Å². The lowest BCUT2D eigenvalue weighted by molar-refractivity contribution is -0.134. The summed E-state index contributed by atoms with van der Waals surface area (Å²) in [6.07, 6.45) is 7.69. The molecule has 0 aliphatic carbocycles. The molecule has 1 N–H and O–H groups in total. The van der Waals surface area contributed by atoms with Crippen molar-refractivity contribution in [3.05, 3.63) is 59.9 Å². The van der Waals surface area contributed by atoms with Gasteiger partial charge in [-0.2, -0.15) is 0 Å². The zero-order chi connectivity index (χ0) is 17.8. The van der Waals surface area contributed by atoms with Crippen LogP contribution < -0.4 is 0 Å². The molecular formula is C22H29N3O. The molecule has 0 bridgehead atoms. The molecular weight excluding hydrogens is 322 g/mol. The van der Waals surface area contributed by atoms with Crippen LogP contribution in [0.3, 0.4) is 0 Å². The third kappa shape index (κ3) is 4.01. The summed E-state index contributed by atoms with van der Waals surface area (Å²) in [5.41, 5.74) is 2.67. The average molecular weight is 351 g/mol. The minimum atomic E-state index is 0.307. The first-order valence-electron chi connectivity index (χ1n) is 9.98. The zero-order valence-corrected chi connectivity index (χ0v) is 15.4. The van der Waals surface area contributed by atoms with Crippen LogP contribution in [-0.2, 0) is 11.2 Å². The van der Waals surface area contributed by atoms with Gasteiger partial charge in [0.05, 0.1) is 12.6 Å². The van der Waals surface area contributed by atoms with E-state index in [1.807, 2.05) is 12.3 Å². The molecule has 1 amide bonds. The van der Waals surface area contributed by atoms with Gasteiger partial charge in [-0.1, -0.05) is 30.3 Å². The SMILES string of the molecule is O=C(CN1CCC[C@H]1c1ccc[nH]1)N1CCC(Cc2ccccc2)CC1. The maximum Gasteiger partial charge on any atom is 0.236 e. The van der Waals surface area contributed by atoms with Gasteiger partial charge in [-0.05, 0) is 62.3 Å². The summed E-state index contributed by atoms with van der Waals surface area (Å²) in [5, 5.41) is 0. The number of nitrogens with zero attached hydrogens (tertiary/aromatic N) is 2. The number of piperidine rings is 1. The topological polar surface area (TPSA) is 39.3 Å². The van der Waals surface area contributed by atoms with Crippen molar-refractivity contribution in [3.8, 4) is 0 Å². The highest BCUT2D eigenvalue weighted by molar-refractivity contribution is 5.78. The lowest BCUT2D eigenvalue weighted by Crippen LogP contribution is -2.44. The molecule has 1 atom stereocenters. The molecule has 26 heavy (non-hydrogen) atoms. The first-order chi connectivity index (χ1) is 12.8. The van der Waals surface area contributed by atoms with E-state index in [4.69, 9.17) is 0 Å². The van der Waals surface area contributed by atoms with Crippen molar-refractivity contribution in [2.45, 2.75) is 38.1 Å². The minimum Gasteiger partial charge on any atom is -0.364 e. The van der Waals surface area contributed by atoms with Crippen LogP contribution in [0, 0.1) is 5.92 Å². The fraction of sp³-hybridized carbons (Fsp3) is 0.500. The largest absolute Gasteiger partial charge is 0.364 e. The molecule has 0 unspecified atom stereocenters. The number of rotatable bonds is 5. The van der Waals surface area contributed by atoms with Crippen molar-refractivity contribution >= 4 is 5.91 Å². The first kappa shape index (κ1) is 17.3. The predicted octanol–water partition coefficient (Wildman–Crippen LogP) is 3.63. The Labute approximate surface area is 156 Å². The number of hydrogen-bond donors (Lipinski definition) is 1. The van der Waals surface area contributed by atoms with Crippen molar-refractivity contribution in [1.82, 2.24) is 14.8 Å². The van der Waals surface area contributed by atoms with Crippen molar-refractivity contribution < 1.29 is 4.79 Å². The Balaban J connectivity index is 1.27. The fourth-order valence-corrected chi connectivity index (χ4v) is 4.53. The standard InChI is InChI=1S/C22H29N3O/c26-22(17-25-13-5-9-21(25)20-8-4-12-23-20)24-14-10-19(11-15-24)16-18-6-2-1-3-7-18/h1-4,6-8,12,19,21,23H,5,9-11,13-17H2/t21-/m0/s1. The zero-order valence-electron chi connectivity index (χ0n) is 15.4. The van der Waals surface area contributed by atoms with Gasteiger partial charge < -0.3 is 9.88 Å². The van der Waals surface area contributed by atoms with Gasteiger partial charge in [0.25, 0.3) is 0 Å². The van der Waals surface area contributed by atoms with E-state index in [9.17, 15) is 4.79 Å². The Hall–Kier alpha value is -2.07. The molecule has 2 fully saturated rings. The third-order valence-corrected chi connectivity index (χ3v) is 6.02. The molecule has 2 saturated heterocycles. The van der Waals surface area contributed by atoms with Crippen LogP contribution in [0.2, 0.25) is 0 Å². The van der Waals surface area contributed by atoms with Crippen molar-refractivity contribution in [2.75, 3.05) is 26.2 Å². The van der Waals surface area contributed by atoms with Crippen LogP contribution >= 0.6 is 0 Å². The second kappa shape index (κ2) is 8.09. The van der Waals surface area contributed by atoms with Crippen LogP contribution in [0.4, 0.5) is 0 Å². The number of benzene rings is 1. The lowest BCUT2D eigenvalue weighted by atomic mass is 9.90. The summed E-state index contributed by atoms with van der Waals surface area (Å²) >= 11 is 0. The van der Waals surface area contributed by atoms with Crippen LogP contribution in [0.15, 0.2) is 48.7 Å². The van der Waals surface area contributed by atoms with Gasteiger partial charge in [0.1, 0.15) is 0 Å². The quantitative estimate of drug-likeness (QED) is 0.893. The maximum absolute atomic E-state index is 12.8. The predicted molar refractivity (Wildman–Crippen MR) is 104 cm³/mol. The number of likely N-dealkylation sites (tertiary alicyclic amines) is 2. The monoisotopic (exact) mass is 351 g/mol. The third-order valence-electron chi connectivity index (χ3n) is 6.02. The summed E-state index contributed by atoms with van der Waals surface area (Å²) < 4.78 is 0. The second-order valence-electron chi connectivity index (χ2n) is 7.77. The molecule has 138 valence electrons. The summed E-state index contributed by atoms with van der Waals surface area (Å²) in [4.78, 5) is 20.6. The molecule has 4 nitrogen and oxygen atoms in total. The van der Waals surface area contributed by atoms with Crippen molar-refractivity contribution in [3.63, 3.8) is 0 Å². The number of amides is 1. The highest BCUT2D eigenvalue weighted by Gasteiger charge is 2.30. The van der Waals surface area contributed by atoms with Gasteiger partial charge in [0, 0.05) is 25.0 Å². The van der Waals surface area contributed by atoms with Gasteiger partial charge in [0.15, 0.2) is 0 Å². The van der Waals surface area contributed by atoms with Crippen LogP contribution in [0.1, 0.15) is 43.0 Å². The summed E-state index contributed by atoms with van der Waals surface area (Å²) in [5.74, 6) is 1.02. The molecule has 4 heteroatoms. The average Bonchev–Trinajstić information content (AvgIpc) is 3.34. The maximum atomic E-state index is 12.8. The summed E-state index contributed by atoms with van der Waals surface area (Å²) in [6, 6.07) is 15.3. The first-order valence-corrected chi connectivity index (χ1v) is 9.98. The Bertz CT molecular complexity index is 689. The number of H-pyrrole nitrogens is 1. The molecule has 0 saturated carbocycles. The van der Waals surface area contributed by atoms with E-state index in [0.717, 1.165) is 45.3 Å². The van der Waals surface area contributed by atoms with E-state index in [0.29, 0.717) is 24.4 Å². The van der Waals surface area contributed by atoms with Crippen LogP contribution in [0.5, 0.6) is 0 Å².